The van der Waals surface area contributed by atoms with E-state index < -0.39 is 5.92 Å². The Morgan fingerprint density at radius 1 is 1.16 bits per heavy atom. The summed E-state index contributed by atoms with van der Waals surface area (Å²) in [6.45, 7) is 3.75. The van der Waals surface area contributed by atoms with E-state index in [1.54, 1.807) is 4.68 Å². The smallest absolute Gasteiger partial charge is 0.229 e. The van der Waals surface area contributed by atoms with Crippen LogP contribution < -0.4 is 10.5 Å². The Morgan fingerprint density at radius 2 is 1.92 bits per heavy atom. The number of nitrogens with two attached hydrogens (primary N) is 1. The number of rotatable bonds is 2. The van der Waals surface area contributed by atoms with E-state index >= 15 is 0 Å². The maximum absolute atomic E-state index is 9.60. The van der Waals surface area contributed by atoms with Crippen LogP contribution in [0.3, 0.4) is 0 Å². The second-order valence-electron chi connectivity index (χ2n) is 5.92. The first kappa shape index (κ1) is 15.1. The lowest BCUT2D eigenvalue weighted by molar-refractivity contribution is 0.359. The molecular formula is C19H16N4O2. The number of allylic oxidation sites excluding steroid dienone is 1. The molecule has 0 saturated carbocycles. The van der Waals surface area contributed by atoms with Crippen molar-refractivity contribution in [1.82, 2.24) is 9.78 Å². The predicted molar refractivity (Wildman–Crippen MR) is 91.0 cm³/mol. The maximum Gasteiger partial charge on any atom is 0.229 e. The Kier molecular flexibility index (Phi) is 3.36. The molecule has 2 N–H and O–H groups in total. The molecule has 2 aromatic heterocycles. The third kappa shape index (κ3) is 2.29. The van der Waals surface area contributed by atoms with Crippen molar-refractivity contribution in [1.29, 1.82) is 5.26 Å². The first-order valence-corrected chi connectivity index (χ1v) is 7.89. The van der Waals surface area contributed by atoms with Crippen molar-refractivity contribution in [2.45, 2.75) is 19.8 Å². The van der Waals surface area contributed by atoms with Crippen LogP contribution in [0.1, 0.15) is 28.7 Å². The standard InChI is InChI=1S/C19H16N4O2/c1-11-8-9-15(24-11)17-14(10-20)18(21)25-19-16(17)12(2)22-23(19)13-6-4-3-5-7-13/h3-9,17H,21H2,1-2H3. The van der Waals surface area contributed by atoms with Gasteiger partial charge in [0, 0.05) is 0 Å². The van der Waals surface area contributed by atoms with Gasteiger partial charge in [-0.25, -0.2) is 4.68 Å². The van der Waals surface area contributed by atoms with Crippen LogP contribution >= 0.6 is 0 Å². The fourth-order valence-electron chi connectivity index (χ4n) is 3.15. The summed E-state index contributed by atoms with van der Waals surface area (Å²) < 4.78 is 13.3. The predicted octanol–water partition coefficient (Wildman–Crippen LogP) is 3.30. The average Bonchev–Trinajstić information content (AvgIpc) is 3.18. The van der Waals surface area contributed by atoms with Gasteiger partial charge in [0.1, 0.15) is 23.2 Å². The first-order chi connectivity index (χ1) is 12.1. The fourth-order valence-corrected chi connectivity index (χ4v) is 3.15. The average molecular weight is 332 g/mol. The summed E-state index contributed by atoms with van der Waals surface area (Å²) in [7, 11) is 0. The second kappa shape index (κ2) is 5.56. The van der Waals surface area contributed by atoms with Gasteiger partial charge in [-0.1, -0.05) is 18.2 Å². The molecule has 124 valence electrons. The van der Waals surface area contributed by atoms with Crippen molar-refractivity contribution in [3.05, 3.63) is 76.7 Å². The molecule has 1 aromatic carbocycles. The first-order valence-electron chi connectivity index (χ1n) is 7.89. The van der Waals surface area contributed by atoms with Crippen molar-refractivity contribution in [3.8, 4) is 17.6 Å². The van der Waals surface area contributed by atoms with Crippen molar-refractivity contribution >= 4 is 0 Å². The molecule has 0 aliphatic carbocycles. The maximum atomic E-state index is 9.60. The largest absolute Gasteiger partial charge is 0.465 e. The highest BCUT2D eigenvalue weighted by Gasteiger charge is 2.37. The topological polar surface area (TPSA) is 90.0 Å². The highest BCUT2D eigenvalue weighted by Crippen LogP contribution is 2.44. The minimum atomic E-state index is -0.431. The second-order valence-corrected chi connectivity index (χ2v) is 5.92. The molecule has 0 saturated heterocycles. The zero-order chi connectivity index (χ0) is 17.6. The summed E-state index contributed by atoms with van der Waals surface area (Å²) in [5.74, 6) is 1.58. The van der Waals surface area contributed by atoms with Crippen LogP contribution in [0.2, 0.25) is 0 Å². The summed E-state index contributed by atoms with van der Waals surface area (Å²) in [4.78, 5) is 0. The summed E-state index contributed by atoms with van der Waals surface area (Å²) in [6, 6.07) is 15.5. The molecule has 0 spiro atoms. The molecule has 6 heteroatoms. The van der Waals surface area contributed by atoms with Gasteiger partial charge < -0.3 is 14.9 Å². The number of benzene rings is 1. The molecule has 3 heterocycles. The quantitative estimate of drug-likeness (QED) is 0.777. The molecule has 1 unspecified atom stereocenters. The molecule has 0 bridgehead atoms. The lowest BCUT2D eigenvalue weighted by Crippen LogP contribution is -2.21. The van der Waals surface area contributed by atoms with Gasteiger partial charge in [-0.15, -0.1) is 0 Å². The molecule has 0 fully saturated rings. The molecular weight excluding hydrogens is 316 g/mol. The molecule has 0 radical (unpaired) electrons. The van der Waals surface area contributed by atoms with Gasteiger partial charge in [-0.05, 0) is 38.1 Å². The van der Waals surface area contributed by atoms with Crippen molar-refractivity contribution in [2.24, 2.45) is 5.73 Å². The SMILES string of the molecule is Cc1ccc(C2C(C#N)=C(N)Oc3c2c(C)nn3-c2ccccc2)o1. The summed E-state index contributed by atoms with van der Waals surface area (Å²) in [5.41, 5.74) is 8.79. The number of para-hydroxylation sites is 1. The van der Waals surface area contributed by atoms with E-state index in [0.29, 0.717) is 17.2 Å². The monoisotopic (exact) mass is 332 g/mol. The number of furan rings is 1. The summed E-state index contributed by atoms with van der Waals surface area (Å²) >= 11 is 0. The molecule has 3 aromatic rings. The van der Waals surface area contributed by atoms with E-state index in [1.165, 1.54) is 0 Å². The zero-order valence-corrected chi connectivity index (χ0v) is 13.9. The lowest BCUT2D eigenvalue weighted by Gasteiger charge is -2.23. The van der Waals surface area contributed by atoms with Crippen LogP contribution in [-0.2, 0) is 0 Å². The highest BCUT2D eigenvalue weighted by molar-refractivity contribution is 5.55. The highest BCUT2D eigenvalue weighted by atomic mass is 16.5. The molecule has 25 heavy (non-hydrogen) atoms. The van der Waals surface area contributed by atoms with Crippen molar-refractivity contribution in [3.63, 3.8) is 0 Å². The Labute approximate surface area is 144 Å². The van der Waals surface area contributed by atoms with Gasteiger partial charge in [0.25, 0.3) is 0 Å². The molecule has 1 aliphatic rings. The van der Waals surface area contributed by atoms with Gasteiger partial charge in [-0.3, -0.25) is 0 Å². The van der Waals surface area contributed by atoms with Crippen molar-refractivity contribution in [2.75, 3.05) is 0 Å². The van der Waals surface area contributed by atoms with E-state index in [4.69, 9.17) is 14.9 Å². The number of fused-ring (bicyclic) bond motifs is 1. The van der Waals surface area contributed by atoms with Gasteiger partial charge >= 0.3 is 0 Å². The Hall–Kier alpha value is -3.46. The summed E-state index contributed by atoms with van der Waals surface area (Å²) in [5, 5.41) is 14.2. The molecule has 4 rings (SSSR count). The summed E-state index contributed by atoms with van der Waals surface area (Å²) in [6.07, 6.45) is 0. The number of ether oxygens (including phenoxy) is 1. The molecule has 1 aliphatic heterocycles. The van der Waals surface area contributed by atoms with Crippen LogP contribution in [0.5, 0.6) is 5.88 Å². The van der Waals surface area contributed by atoms with Crippen LogP contribution in [0.15, 0.2) is 58.3 Å². The van der Waals surface area contributed by atoms with Gasteiger partial charge in [0.2, 0.25) is 11.8 Å². The van der Waals surface area contributed by atoms with Crippen LogP contribution in [0, 0.1) is 25.2 Å². The fraction of sp³-hybridized carbons (Fsp3) is 0.158. The zero-order valence-electron chi connectivity index (χ0n) is 13.9. The minimum absolute atomic E-state index is 0.0751. The molecule has 6 nitrogen and oxygen atoms in total. The van der Waals surface area contributed by atoms with E-state index in [-0.39, 0.29) is 5.88 Å². The number of aromatic nitrogens is 2. The number of nitriles is 1. The number of hydrogen-bond acceptors (Lipinski definition) is 5. The minimum Gasteiger partial charge on any atom is -0.465 e. The molecule has 1 atom stereocenters. The Morgan fingerprint density at radius 3 is 2.56 bits per heavy atom. The van der Waals surface area contributed by atoms with E-state index in [9.17, 15) is 5.26 Å². The molecule has 0 amide bonds. The van der Waals surface area contributed by atoms with Gasteiger partial charge in [-0.2, -0.15) is 10.4 Å². The Bertz CT molecular complexity index is 1020. The third-order valence-electron chi connectivity index (χ3n) is 4.28. The van der Waals surface area contributed by atoms with Crippen LogP contribution in [0.4, 0.5) is 0 Å². The third-order valence-corrected chi connectivity index (χ3v) is 4.28. The van der Waals surface area contributed by atoms with Crippen molar-refractivity contribution < 1.29 is 9.15 Å². The number of aryl methyl sites for hydroxylation is 2. The Balaban J connectivity index is 1.96. The van der Waals surface area contributed by atoms with Gasteiger partial charge in [0.05, 0.1) is 22.9 Å². The van der Waals surface area contributed by atoms with Crippen LogP contribution in [0.25, 0.3) is 5.69 Å². The number of hydrogen-bond donors (Lipinski definition) is 1. The van der Waals surface area contributed by atoms with Gasteiger partial charge in [0.15, 0.2) is 0 Å². The van der Waals surface area contributed by atoms with E-state index in [0.717, 1.165) is 22.7 Å². The number of nitrogens with zero attached hydrogens (tertiary/aromatic N) is 3. The van der Waals surface area contributed by atoms with E-state index in [1.807, 2.05) is 56.3 Å². The lowest BCUT2D eigenvalue weighted by atomic mass is 9.88. The van der Waals surface area contributed by atoms with E-state index in [2.05, 4.69) is 11.2 Å². The normalized spacial score (nSPS) is 16.3. The van der Waals surface area contributed by atoms with Crippen LogP contribution in [-0.4, -0.2) is 9.78 Å².